The molecule has 6 nitrogen and oxygen atoms in total. The van der Waals surface area contributed by atoms with E-state index in [0.29, 0.717) is 0 Å². The Hall–Kier alpha value is -2.12. The smallest absolute Gasteiger partial charge is 0.294 e. The molecule has 0 saturated heterocycles. The van der Waals surface area contributed by atoms with Crippen molar-refractivity contribution in [2.45, 2.75) is 24.5 Å². The van der Waals surface area contributed by atoms with E-state index in [9.17, 15) is 13.2 Å². The van der Waals surface area contributed by atoms with Crippen LogP contribution in [0, 0.1) is 0 Å². The summed E-state index contributed by atoms with van der Waals surface area (Å²) in [6.45, 7) is 1.95. The van der Waals surface area contributed by atoms with E-state index in [1.54, 1.807) is 4.90 Å². The molecule has 3 rings (SSSR count). The fraction of sp³-hybridized carbons (Fsp3) is 0.267. The lowest BCUT2D eigenvalue weighted by Gasteiger charge is -2.21. The summed E-state index contributed by atoms with van der Waals surface area (Å²) >= 11 is 0. The van der Waals surface area contributed by atoms with Gasteiger partial charge in [0, 0.05) is 11.7 Å². The molecule has 1 aromatic carbocycles. The van der Waals surface area contributed by atoms with E-state index in [-0.39, 0.29) is 22.8 Å². The highest BCUT2D eigenvalue weighted by molar-refractivity contribution is 7.89. The molecule has 1 N–H and O–H groups in total. The van der Waals surface area contributed by atoms with Crippen LogP contribution in [0.1, 0.15) is 23.0 Å². The monoisotopic (exact) mass is 320 g/mol. The number of furan rings is 1. The number of hydrogen-bond acceptors (Lipinski definition) is 4. The minimum absolute atomic E-state index is 0.000595. The molecule has 1 atom stereocenters. The van der Waals surface area contributed by atoms with Gasteiger partial charge < -0.3 is 9.32 Å². The third-order valence-corrected chi connectivity index (χ3v) is 5.04. The molecule has 116 valence electrons. The lowest BCUT2D eigenvalue weighted by molar-refractivity contribution is 0.0949. The number of nitrogens with zero attached hydrogens (tertiary/aromatic N) is 1. The number of benzene rings is 1. The Kier molecular flexibility index (Phi) is 3.54. The Bertz CT molecular complexity index is 826. The second-order valence-electron chi connectivity index (χ2n) is 5.18. The Morgan fingerprint density at radius 3 is 2.73 bits per heavy atom. The molecule has 1 aliphatic heterocycles. The van der Waals surface area contributed by atoms with Crippen molar-refractivity contribution in [3.8, 4) is 0 Å². The third-order valence-electron chi connectivity index (χ3n) is 3.75. The maximum atomic E-state index is 12.7. The van der Waals surface area contributed by atoms with E-state index in [2.05, 4.69) is 4.72 Å². The highest BCUT2D eigenvalue weighted by atomic mass is 32.2. The second kappa shape index (κ2) is 5.26. The van der Waals surface area contributed by atoms with Gasteiger partial charge in [0.05, 0.1) is 0 Å². The molecule has 0 fully saturated rings. The summed E-state index contributed by atoms with van der Waals surface area (Å²) < 4.78 is 30.8. The number of rotatable bonds is 3. The van der Waals surface area contributed by atoms with E-state index in [0.717, 1.165) is 17.7 Å². The van der Waals surface area contributed by atoms with E-state index in [1.807, 2.05) is 31.2 Å². The lowest BCUT2D eigenvalue weighted by atomic mass is 10.1. The molecule has 1 aromatic heterocycles. The minimum Gasteiger partial charge on any atom is -0.438 e. The SMILES string of the molecule is CNS(=O)(=O)c1ccc(C(=O)N2c3ccccc3CC2C)o1. The number of nitrogens with one attached hydrogen (secondary N) is 1. The Labute approximate surface area is 128 Å². The van der Waals surface area contributed by atoms with Crippen molar-refractivity contribution in [1.82, 2.24) is 4.72 Å². The van der Waals surface area contributed by atoms with Gasteiger partial charge in [0.2, 0.25) is 5.09 Å². The van der Waals surface area contributed by atoms with Gasteiger partial charge in [-0.15, -0.1) is 0 Å². The topological polar surface area (TPSA) is 79.6 Å². The van der Waals surface area contributed by atoms with Gasteiger partial charge in [0.15, 0.2) is 5.76 Å². The van der Waals surface area contributed by atoms with Gasteiger partial charge in [-0.25, -0.2) is 13.1 Å². The van der Waals surface area contributed by atoms with Crippen LogP contribution in [-0.4, -0.2) is 27.4 Å². The zero-order chi connectivity index (χ0) is 15.9. The first kappa shape index (κ1) is 14.8. The Morgan fingerprint density at radius 2 is 2.00 bits per heavy atom. The van der Waals surface area contributed by atoms with Gasteiger partial charge in [-0.3, -0.25) is 4.79 Å². The summed E-state index contributed by atoms with van der Waals surface area (Å²) in [4.78, 5) is 14.3. The first-order valence-corrected chi connectivity index (χ1v) is 8.37. The average molecular weight is 320 g/mol. The van der Waals surface area contributed by atoms with Gasteiger partial charge in [-0.1, -0.05) is 18.2 Å². The second-order valence-corrected chi connectivity index (χ2v) is 7.00. The molecule has 0 radical (unpaired) electrons. The standard InChI is InChI=1S/C15H16N2O4S/c1-10-9-11-5-3-4-6-12(11)17(10)15(18)13-7-8-14(21-13)22(19,20)16-2/h3-8,10,16H,9H2,1-2H3. The van der Waals surface area contributed by atoms with Crippen LogP contribution >= 0.6 is 0 Å². The average Bonchev–Trinajstić information content (AvgIpc) is 3.10. The quantitative estimate of drug-likeness (QED) is 0.935. The van der Waals surface area contributed by atoms with Crippen molar-refractivity contribution in [3.63, 3.8) is 0 Å². The molecule has 0 saturated carbocycles. The third kappa shape index (κ3) is 2.32. The first-order valence-electron chi connectivity index (χ1n) is 6.89. The maximum absolute atomic E-state index is 12.7. The minimum atomic E-state index is -3.70. The molecular weight excluding hydrogens is 304 g/mol. The molecule has 0 bridgehead atoms. The van der Waals surface area contributed by atoms with Crippen LogP contribution in [0.2, 0.25) is 0 Å². The highest BCUT2D eigenvalue weighted by Crippen LogP contribution is 2.33. The molecule has 7 heteroatoms. The summed E-state index contributed by atoms with van der Waals surface area (Å²) in [6.07, 6.45) is 0.768. The van der Waals surface area contributed by atoms with Gasteiger partial charge >= 0.3 is 0 Å². The van der Waals surface area contributed by atoms with Crippen LogP contribution in [-0.2, 0) is 16.4 Å². The van der Waals surface area contributed by atoms with E-state index >= 15 is 0 Å². The van der Waals surface area contributed by atoms with Crippen LogP contribution in [0.25, 0.3) is 0 Å². The number of para-hydroxylation sites is 1. The summed E-state index contributed by atoms with van der Waals surface area (Å²) in [5, 5.41) is -0.265. The zero-order valence-electron chi connectivity index (χ0n) is 12.2. The number of carbonyl (C=O) groups is 1. The maximum Gasteiger partial charge on any atom is 0.294 e. The molecule has 1 amide bonds. The molecule has 1 aliphatic rings. The molecule has 2 heterocycles. The predicted octanol–water partition coefficient (Wildman–Crippen LogP) is 1.78. The number of amides is 1. The van der Waals surface area contributed by atoms with Crippen molar-refractivity contribution in [2.75, 3.05) is 11.9 Å². The fourth-order valence-corrected chi connectivity index (χ4v) is 3.32. The van der Waals surface area contributed by atoms with Crippen molar-refractivity contribution < 1.29 is 17.6 Å². The number of anilines is 1. The van der Waals surface area contributed by atoms with E-state index in [1.165, 1.54) is 19.2 Å². The van der Waals surface area contributed by atoms with Crippen LogP contribution in [0.4, 0.5) is 5.69 Å². The van der Waals surface area contributed by atoms with Crippen LogP contribution in [0.15, 0.2) is 45.9 Å². The summed E-state index contributed by atoms with van der Waals surface area (Å²) in [5.74, 6) is -0.326. The number of fused-ring (bicyclic) bond motifs is 1. The molecule has 22 heavy (non-hydrogen) atoms. The molecule has 0 spiro atoms. The zero-order valence-corrected chi connectivity index (χ0v) is 13.1. The van der Waals surface area contributed by atoms with Crippen molar-refractivity contribution in [1.29, 1.82) is 0 Å². The molecule has 0 aliphatic carbocycles. The fourth-order valence-electron chi connectivity index (χ4n) is 2.67. The normalized spacial score (nSPS) is 17.5. The van der Waals surface area contributed by atoms with Gasteiger partial charge in [-0.2, -0.15) is 0 Å². The summed E-state index contributed by atoms with van der Waals surface area (Å²) in [5.41, 5.74) is 1.94. The molecular formula is C15H16N2O4S. The summed E-state index contributed by atoms with van der Waals surface area (Å²) in [7, 11) is -2.41. The van der Waals surface area contributed by atoms with Crippen molar-refractivity contribution >= 4 is 21.6 Å². The Morgan fingerprint density at radius 1 is 1.27 bits per heavy atom. The van der Waals surface area contributed by atoms with Crippen LogP contribution < -0.4 is 9.62 Å². The number of sulfonamides is 1. The van der Waals surface area contributed by atoms with Gasteiger partial charge in [0.25, 0.3) is 15.9 Å². The first-order chi connectivity index (χ1) is 10.4. The number of hydrogen-bond donors (Lipinski definition) is 1. The molecule has 2 aromatic rings. The Balaban J connectivity index is 1.96. The van der Waals surface area contributed by atoms with Crippen LogP contribution in [0.3, 0.4) is 0 Å². The highest BCUT2D eigenvalue weighted by Gasteiger charge is 2.33. The van der Waals surface area contributed by atoms with Crippen molar-refractivity contribution in [3.05, 3.63) is 47.7 Å². The van der Waals surface area contributed by atoms with Gasteiger partial charge in [0.1, 0.15) is 0 Å². The van der Waals surface area contributed by atoms with Gasteiger partial charge in [-0.05, 0) is 44.2 Å². The van der Waals surface area contributed by atoms with E-state index in [4.69, 9.17) is 4.42 Å². The lowest BCUT2D eigenvalue weighted by Crippen LogP contribution is -2.35. The number of carbonyl (C=O) groups excluding carboxylic acids is 1. The summed E-state index contributed by atoms with van der Waals surface area (Å²) in [6, 6.07) is 10.3. The van der Waals surface area contributed by atoms with E-state index < -0.39 is 10.0 Å². The van der Waals surface area contributed by atoms with Crippen LogP contribution in [0.5, 0.6) is 0 Å². The predicted molar refractivity (Wildman–Crippen MR) is 81.4 cm³/mol. The largest absolute Gasteiger partial charge is 0.438 e. The van der Waals surface area contributed by atoms with Crippen molar-refractivity contribution in [2.24, 2.45) is 0 Å². The molecule has 1 unspecified atom stereocenters.